The first kappa shape index (κ1) is 24.0. The van der Waals surface area contributed by atoms with Crippen molar-refractivity contribution in [3.8, 4) is 5.75 Å². The van der Waals surface area contributed by atoms with E-state index in [1.807, 2.05) is 18.2 Å². The number of hydrogen-bond donors (Lipinski definition) is 1. The van der Waals surface area contributed by atoms with Gasteiger partial charge in [0.2, 0.25) is 0 Å². The predicted molar refractivity (Wildman–Crippen MR) is 133 cm³/mol. The molecule has 8 nitrogen and oxygen atoms in total. The van der Waals surface area contributed by atoms with Gasteiger partial charge in [-0.3, -0.25) is 19.8 Å². The van der Waals surface area contributed by atoms with E-state index in [2.05, 4.69) is 28.1 Å². The van der Waals surface area contributed by atoms with Gasteiger partial charge in [0.1, 0.15) is 11.4 Å². The molecule has 0 radical (unpaired) electrons. The fraction of sp³-hybridized carbons (Fsp3) is 0.500. The van der Waals surface area contributed by atoms with Crippen LogP contribution in [0.25, 0.3) is 0 Å². The van der Waals surface area contributed by atoms with Crippen molar-refractivity contribution in [1.29, 1.82) is 0 Å². The van der Waals surface area contributed by atoms with Gasteiger partial charge in [-0.2, -0.15) is 0 Å². The average molecular weight is 467 g/mol. The Morgan fingerprint density at radius 3 is 2.56 bits per heavy atom. The zero-order valence-electron chi connectivity index (χ0n) is 20.0. The van der Waals surface area contributed by atoms with Crippen LogP contribution in [0.3, 0.4) is 0 Å². The van der Waals surface area contributed by atoms with E-state index in [9.17, 15) is 14.9 Å². The van der Waals surface area contributed by atoms with E-state index in [1.165, 1.54) is 6.07 Å². The van der Waals surface area contributed by atoms with Crippen LogP contribution in [0.15, 0.2) is 42.5 Å². The monoisotopic (exact) mass is 466 g/mol. The van der Waals surface area contributed by atoms with E-state index < -0.39 is 0 Å². The molecule has 0 spiro atoms. The number of likely N-dealkylation sites (tertiary alicyclic amines) is 1. The van der Waals surface area contributed by atoms with Gasteiger partial charge < -0.3 is 15.0 Å². The largest absolute Gasteiger partial charge is 0.497 e. The maximum absolute atomic E-state index is 13.0. The van der Waals surface area contributed by atoms with Crippen molar-refractivity contribution in [2.75, 3.05) is 44.7 Å². The number of nitrogens with zero attached hydrogens (tertiary/aromatic N) is 3. The Morgan fingerprint density at radius 2 is 1.88 bits per heavy atom. The molecule has 0 bridgehead atoms. The molecule has 2 saturated heterocycles. The van der Waals surface area contributed by atoms with Crippen LogP contribution in [0.1, 0.15) is 54.6 Å². The third-order valence-electron chi connectivity index (χ3n) is 7.07. The van der Waals surface area contributed by atoms with Gasteiger partial charge >= 0.3 is 0 Å². The normalized spacial score (nSPS) is 18.0. The number of ether oxygens (including phenoxy) is 1. The van der Waals surface area contributed by atoms with Crippen LogP contribution in [0.5, 0.6) is 5.75 Å². The van der Waals surface area contributed by atoms with Gasteiger partial charge in [-0.25, -0.2) is 0 Å². The molecule has 1 amide bonds. The first-order chi connectivity index (χ1) is 16.5. The lowest BCUT2D eigenvalue weighted by Crippen LogP contribution is -2.37. The number of nitro benzene ring substituents is 1. The first-order valence-electron chi connectivity index (χ1n) is 12.2. The number of carbonyl (C=O) groups excluding carboxylic acids is 1. The number of benzene rings is 2. The summed E-state index contributed by atoms with van der Waals surface area (Å²) in [6, 6.07) is 12.8. The Morgan fingerprint density at radius 1 is 1.15 bits per heavy atom. The Labute approximate surface area is 201 Å². The van der Waals surface area contributed by atoms with Gasteiger partial charge in [0.25, 0.3) is 11.6 Å². The number of methoxy groups -OCH3 is 1. The van der Waals surface area contributed by atoms with Gasteiger partial charge in [-0.1, -0.05) is 19.1 Å². The molecule has 2 aromatic rings. The van der Waals surface area contributed by atoms with Crippen LogP contribution in [-0.2, 0) is 0 Å². The highest BCUT2D eigenvalue weighted by atomic mass is 16.6. The van der Waals surface area contributed by atoms with Crippen molar-refractivity contribution in [1.82, 2.24) is 10.2 Å². The van der Waals surface area contributed by atoms with Gasteiger partial charge in [0, 0.05) is 31.3 Å². The summed E-state index contributed by atoms with van der Waals surface area (Å²) in [6.45, 7) is 6.18. The number of nitrogens with one attached hydrogen (secondary N) is 1. The van der Waals surface area contributed by atoms with Crippen LogP contribution in [0, 0.1) is 16.0 Å². The Kier molecular flexibility index (Phi) is 7.67. The number of amides is 1. The molecule has 1 N–H and O–H groups in total. The van der Waals surface area contributed by atoms with E-state index >= 15 is 0 Å². The van der Waals surface area contributed by atoms with Crippen LogP contribution >= 0.6 is 0 Å². The molecular weight excluding hydrogens is 432 g/mol. The Hall–Kier alpha value is -3.13. The molecule has 0 aromatic heterocycles. The van der Waals surface area contributed by atoms with Gasteiger partial charge in [0.05, 0.1) is 18.1 Å². The summed E-state index contributed by atoms with van der Waals surface area (Å²) in [6.07, 6.45) is 4.30. The van der Waals surface area contributed by atoms with Gasteiger partial charge in [0.15, 0.2) is 0 Å². The lowest BCUT2D eigenvalue weighted by molar-refractivity contribution is -0.384. The molecule has 0 aliphatic carbocycles. The number of nitro groups is 1. The van der Waals surface area contributed by atoms with Crippen molar-refractivity contribution in [2.24, 2.45) is 5.92 Å². The molecule has 2 aliphatic rings. The predicted octanol–water partition coefficient (Wildman–Crippen LogP) is 4.41. The number of hydrogen-bond acceptors (Lipinski definition) is 6. The van der Waals surface area contributed by atoms with E-state index in [0.717, 1.165) is 63.2 Å². The second-order valence-corrected chi connectivity index (χ2v) is 9.38. The molecule has 1 atom stereocenters. The minimum atomic E-state index is -0.382. The lowest BCUT2D eigenvalue weighted by Gasteiger charge is -2.31. The van der Waals surface area contributed by atoms with Crippen molar-refractivity contribution in [3.05, 3.63) is 63.7 Å². The summed E-state index contributed by atoms with van der Waals surface area (Å²) in [7, 11) is 1.65. The highest BCUT2D eigenvalue weighted by molar-refractivity contribution is 5.95. The van der Waals surface area contributed by atoms with E-state index in [0.29, 0.717) is 23.7 Å². The molecule has 8 heteroatoms. The smallest absolute Gasteiger partial charge is 0.293 e. The molecule has 2 aliphatic heterocycles. The molecule has 182 valence electrons. The van der Waals surface area contributed by atoms with Crippen molar-refractivity contribution in [2.45, 2.75) is 38.6 Å². The van der Waals surface area contributed by atoms with Crippen molar-refractivity contribution >= 4 is 17.3 Å². The van der Waals surface area contributed by atoms with Crippen LogP contribution < -0.4 is 15.0 Å². The second kappa shape index (κ2) is 10.9. The summed E-state index contributed by atoms with van der Waals surface area (Å²) in [5, 5.41) is 14.8. The van der Waals surface area contributed by atoms with Gasteiger partial charge in [-0.05, 0) is 74.5 Å². The minimum absolute atomic E-state index is 0.00825. The standard InChI is InChI=1S/C26H34N4O4/c1-19-10-14-29(15-11-19)23-9-8-21(17-24(23)30(32)33)26(31)27-18-25(28-12-3-4-13-28)20-6-5-7-22(16-20)34-2/h5-9,16-17,19,25H,3-4,10-15,18H2,1-2H3,(H,27,31)/t25-/m1/s1. The molecule has 2 aromatic carbocycles. The molecule has 34 heavy (non-hydrogen) atoms. The summed E-state index contributed by atoms with van der Waals surface area (Å²) in [5.74, 6) is 1.12. The summed E-state index contributed by atoms with van der Waals surface area (Å²) >= 11 is 0. The third-order valence-corrected chi connectivity index (χ3v) is 7.07. The maximum Gasteiger partial charge on any atom is 0.293 e. The molecule has 0 saturated carbocycles. The fourth-order valence-corrected chi connectivity index (χ4v) is 4.98. The number of anilines is 1. The molecule has 2 heterocycles. The van der Waals surface area contributed by atoms with E-state index in [1.54, 1.807) is 19.2 Å². The minimum Gasteiger partial charge on any atom is -0.497 e. The zero-order chi connectivity index (χ0) is 24.1. The third kappa shape index (κ3) is 5.50. The first-order valence-corrected chi connectivity index (χ1v) is 12.2. The summed E-state index contributed by atoms with van der Waals surface area (Å²) < 4.78 is 5.39. The quantitative estimate of drug-likeness (QED) is 0.458. The topological polar surface area (TPSA) is 87.9 Å². The van der Waals surface area contributed by atoms with Crippen LogP contribution in [-0.4, -0.2) is 55.6 Å². The van der Waals surface area contributed by atoms with Crippen LogP contribution in [0.4, 0.5) is 11.4 Å². The zero-order valence-corrected chi connectivity index (χ0v) is 20.0. The van der Waals surface area contributed by atoms with E-state index in [4.69, 9.17) is 4.74 Å². The number of rotatable bonds is 8. The lowest BCUT2D eigenvalue weighted by atomic mass is 9.98. The highest BCUT2D eigenvalue weighted by Gasteiger charge is 2.27. The SMILES string of the molecule is COc1cccc([C@@H](CNC(=O)c2ccc(N3CCC(C)CC3)c([N+](=O)[O-])c2)N2CCCC2)c1. The molecule has 4 rings (SSSR count). The van der Waals surface area contributed by atoms with Crippen LogP contribution in [0.2, 0.25) is 0 Å². The number of carbonyl (C=O) groups is 1. The maximum atomic E-state index is 13.0. The van der Waals surface area contributed by atoms with E-state index in [-0.39, 0.29) is 22.6 Å². The molecule has 0 unspecified atom stereocenters. The Balaban J connectivity index is 1.50. The van der Waals surface area contributed by atoms with Crippen molar-refractivity contribution in [3.63, 3.8) is 0 Å². The highest BCUT2D eigenvalue weighted by Crippen LogP contribution is 2.33. The molecule has 2 fully saturated rings. The average Bonchev–Trinajstić information content (AvgIpc) is 3.39. The summed E-state index contributed by atoms with van der Waals surface area (Å²) in [5.41, 5.74) is 1.99. The Bertz CT molecular complexity index is 1010. The fourth-order valence-electron chi connectivity index (χ4n) is 4.98. The van der Waals surface area contributed by atoms with Crippen molar-refractivity contribution < 1.29 is 14.5 Å². The second-order valence-electron chi connectivity index (χ2n) is 9.38. The van der Waals surface area contributed by atoms with Gasteiger partial charge in [-0.15, -0.1) is 0 Å². The summed E-state index contributed by atoms with van der Waals surface area (Å²) in [4.78, 5) is 28.9. The number of piperidine rings is 1. The molecular formula is C26H34N4O4.